The Balaban J connectivity index is 1.34. The molecular formula is C21H23N5O3. The number of piperidine rings is 1. The Morgan fingerprint density at radius 3 is 2.90 bits per heavy atom. The highest BCUT2D eigenvalue weighted by Crippen LogP contribution is 2.14. The maximum absolute atomic E-state index is 12.5. The Hall–Kier alpha value is -3.10. The molecule has 150 valence electrons. The van der Waals surface area contributed by atoms with E-state index in [1.807, 2.05) is 24.4 Å². The second-order valence-electron chi connectivity index (χ2n) is 7.32. The molecule has 2 atom stereocenters. The summed E-state index contributed by atoms with van der Waals surface area (Å²) >= 11 is 0. The molecule has 1 fully saturated rings. The van der Waals surface area contributed by atoms with Gasteiger partial charge in [0.1, 0.15) is 6.54 Å². The fourth-order valence-corrected chi connectivity index (χ4v) is 3.68. The molecule has 3 heterocycles. The zero-order valence-corrected chi connectivity index (χ0v) is 15.9. The Morgan fingerprint density at radius 2 is 2.10 bits per heavy atom. The Morgan fingerprint density at radius 1 is 1.24 bits per heavy atom. The van der Waals surface area contributed by atoms with Gasteiger partial charge in [-0.25, -0.2) is 4.98 Å². The maximum Gasteiger partial charge on any atom is 0.261 e. The van der Waals surface area contributed by atoms with Crippen LogP contribution in [0.25, 0.3) is 10.9 Å². The summed E-state index contributed by atoms with van der Waals surface area (Å²) in [5, 5.41) is 13.8. The normalized spacial score (nSPS) is 19.9. The smallest absolute Gasteiger partial charge is 0.261 e. The predicted molar refractivity (Wildman–Crippen MR) is 108 cm³/mol. The lowest BCUT2D eigenvalue weighted by atomic mass is 10.0. The molecule has 1 aliphatic heterocycles. The molecule has 0 aliphatic carbocycles. The van der Waals surface area contributed by atoms with Gasteiger partial charge in [0.05, 0.1) is 29.4 Å². The van der Waals surface area contributed by atoms with Gasteiger partial charge in [-0.1, -0.05) is 18.2 Å². The first kappa shape index (κ1) is 19.2. The fraction of sp³-hybridized carbons (Fsp3) is 0.333. The number of para-hydroxylation sites is 1. The molecule has 1 amide bonds. The first-order chi connectivity index (χ1) is 14.1. The van der Waals surface area contributed by atoms with E-state index in [0.29, 0.717) is 30.4 Å². The van der Waals surface area contributed by atoms with Crippen LogP contribution in [0.3, 0.4) is 0 Å². The highest BCUT2D eigenvalue weighted by Gasteiger charge is 2.29. The summed E-state index contributed by atoms with van der Waals surface area (Å²) in [5.74, 6) is -0.311. The SMILES string of the molecule is O=C(Cn1cnc2ccccc2c1=O)N[C@@H]1CCN(Cc2cccnc2)C[C@H]1O. The number of carbonyl (C=O) groups excluding carboxylic acids is 1. The van der Waals surface area contributed by atoms with Gasteiger partial charge < -0.3 is 10.4 Å². The van der Waals surface area contributed by atoms with Crippen LogP contribution < -0.4 is 10.9 Å². The van der Waals surface area contributed by atoms with E-state index in [-0.39, 0.29) is 24.1 Å². The number of fused-ring (bicyclic) bond motifs is 1. The summed E-state index contributed by atoms with van der Waals surface area (Å²) in [6.45, 7) is 1.81. The van der Waals surface area contributed by atoms with E-state index in [1.165, 1.54) is 10.9 Å². The van der Waals surface area contributed by atoms with Crippen LogP contribution in [0.5, 0.6) is 0 Å². The van der Waals surface area contributed by atoms with E-state index >= 15 is 0 Å². The summed E-state index contributed by atoms with van der Waals surface area (Å²) in [7, 11) is 0. The van der Waals surface area contributed by atoms with Gasteiger partial charge in [-0.3, -0.25) is 24.0 Å². The number of β-amino-alcohol motifs (C(OH)–C–C–N with tert-alkyl or cyclic N) is 1. The molecule has 29 heavy (non-hydrogen) atoms. The van der Waals surface area contributed by atoms with Crippen LogP contribution in [0.2, 0.25) is 0 Å². The number of aliphatic hydroxyl groups is 1. The number of aliphatic hydroxyl groups excluding tert-OH is 1. The van der Waals surface area contributed by atoms with Crippen LogP contribution in [-0.2, 0) is 17.9 Å². The highest BCUT2D eigenvalue weighted by atomic mass is 16.3. The van der Waals surface area contributed by atoms with E-state index < -0.39 is 6.10 Å². The second-order valence-corrected chi connectivity index (χ2v) is 7.32. The van der Waals surface area contributed by atoms with Crippen molar-refractivity contribution >= 4 is 16.8 Å². The molecule has 4 rings (SSSR count). The zero-order chi connectivity index (χ0) is 20.2. The first-order valence-corrected chi connectivity index (χ1v) is 9.63. The van der Waals surface area contributed by atoms with E-state index in [1.54, 1.807) is 24.4 Å². The Labute approximate surface area is 167 Å². The number of aromatic nitrogens is 3. The number of nitrogens with zero attached hydrogens (tertiary/aromatic N) is 4. The molecule has 0 bridgehead atoms. The summed E-state index contributed by atoms with van der Waals surface area (Å²) in [4.78, 5) is 35.5. The van der Waals surface area contributed by atoms with Gasteiger partial charge >= 0.3 is 0 Å². The summed E-state index contributed by atoms with van der Waals surface area (Å²) in [6.07, 6.45) is 4.90. The van der Waals surface area contributed by atoms with E-state index in [2.05, 4.69) is 20.2 Å². The van der Waals surface area contributed by atoms with E-state index in [9.17, 15) is 14.7 Å². The van der Waals surface area contributed by atoms with Crippen LogP contribution in [0, 0.1) is 0 Å². The number of benzene rings is 1. The highest BCUT2D eigenvalue weighted by molar-refractivity contribution is 5.79. The molecule has 2 aromatic heterocycles. The fourth-order valence-electron chi connectivity index (χ4n) is 3.68. The van der Waals surface area contributed by atoms with Crippen molar-refractivity contribution in [1.82, 2.24) is 24.8 Å². The van der Waals surface area contributed by atoms with Gasteiger partial charge in [0, 0.05) is 32.0 Å². The van der Waals surface area contributed by atoms with Crippen LogP contribution >= 0.6 is 0 Å². The Kier molecular flexibility index (Phi) is 5.64. The molecule has 0 saturated carbocycles. The van der Waals surface area contributed by atoms with Crippen molar-refractivity contribution in [1.29, 1.82) is 0 Å². The standard InChI is InChI=1S/C21H23N5O3/c27-19-12-25(11-15-4-3-8-22-10-15)9-7-18(19)24-20(28)13-26-14-23-17-6-2-1-5-16(17)21(26)29/h1-6,8,10,14,18-19,27H,7,9,11-13H2,(H,24,28)/t18-,19-/m1/s1. The van der Waals surface area contributed by atoms with Crippen molar-refractivity contribution in [3.8, 4) is 0 Å². The number of hydrogen-bond acceptors (Lipinski definition) is 6. The number of amides is 1. The quantitative estimate of drug-likeness (QED) is 0.656. The van der Waals surface area contributed by atoms with Gasteiger partial charge in [-0.2, -0.15) is 0 Å². The van der Waals surface area contributed by atoms with Crippen molar-refractivity contribution in [2.24, 2.45) is 0 Å². The number of carbonyl (C=O) groups is 1. The van der Waals surface area contributed by atoms with Gasteiger partial charge in [-0.15, -0.1) is 0 Å². The molecule has 8 nitrogen and oxygen atoms in total. The minimum atomic E-state index is -0.671. The maximum atomic E-state index is 12.5. The van der Waals surface area contributed by atoms with Crippen molar-refractivity contribution in [2.45, 2.75) is 31.7 Å². The lowest BCUT2D eigenvalue weighted by molar-refractivity contribution is -0.124. The molecule has 8 heteroatoms. The molecule has 2 N–H and O–H groups in total. The van der Waals surface area contributed by atoms with Crippen LogP contribution in [-0.4, -0.2) is 55.7 Å². The Bertz CT molecular complexity index is 1050. The average molecular weight is 393 g/mol. The van der Waals surface area contributed by atoms with Crippen LogP contribution in [0.1, 0.15) is 12.0 Å². The topological polar surface area (TPSA) is 100 Å². The van der Waals surface area contributed by atoms with E-state index in [4.69, 9.17) is 0 Å². The second kappa shape index (κ2) is 8.50. The average Bonchev–Trinajstić information content (AvgIpc) is 2.73. The molecule has 0 unspecified atom stereocenters. The molecule has 3 aromatic rings. The third-order valence-corrected chi connectivity index (χ3v) is 5.19. The number of rotatable bonds is 5. The molecule has 1 saturated heterocycles. The van der Waals surface area contributed by atoms with Crippen LogP contribution in [0.15, 0.2) is 59.9 Å². The predicted octanol–water partition coefficient (Wildman–Crippen LogP) is 0.543. The van der Waals surface area contributed by atoms with Crippen molar-refractivity contribution < 1.29 is 9.90 Å². The van der Waals surface area contributed by atoms with Crippen LogP contribution in [0.4, 0.5) is 0 Å². The molecule has 1 aliphatic rings. The number of likely N-dealkylation sites (tertiary alicyclic amines) is 1. The third-order valence-electron chi connectivity index (χ3n) is 5.19. The van der Waals surface area contributed by atoms with E-state index in [0.717, 1.165) is 12.1 Å². The third kappa shape index (κ3) is 4.49. The molecular weight excluding hydrogens is 370 g/mol. The number of hydrogen-bond donors (Lipinski definition) is 2. The van der Waals surface area contributed by atoms with Crippen molar-refractivity contribution in [3.63, 3.8) is 0 Å². The monoisotopic (exact) mass is 393 g/mol. The molecule has 0 spiro atoms. The first-order valence-electron chi connectivity index (χ1n) is 9.63. The van der Waals surface area contributed by atoms with Crippen molar-refractivity contribution in [3.05, 3.63) is 71.0 Å². The van der Waals surface area contributed by atoms with Gasteiger partial charge in [0.15, 0.2) is 0 Å². The number of pyridine rings is 1. The zero-order valence-electron chi connectivity index (χ0n) is 15.9. The molecule has 0 radical (unpaired) electrons. The van der Waals surface area contributed by atoms with Gasteiger partial charge in [0.25, 0.3) is 5.56 Å². The summed E-state index contributed by atoms with van der Waals surface area (Å²) in [5.41, 5.74) is 1.44. The lowest BCUT2D eigenvalue weighted by Gasteiger charge is -2.36. The van der Waals surface area contributed by atoms with Gasteiger partial charge in [-0.05, 0) is 30.2 Å². The summed E-state index contributed by atoms with van der Waals surface area (Å²) in [6, 6.07) is 10.6. The number of nitrogens with one attached hydrogen (secondary N) is 1. The lowest BCUT2D eigenvalue weighted by Crippen LogP contribution is -2.54. The molecule has 1 aromatic carbocycles. The van der Waals surface area contributed by atoms with Crippen molar-refractivity contribution in [2.75, 3.05) is 13.1 Å². The largest absolute Gasteiger partial charge is 0.390 e. The summed E-state index contributed by atoms with van der Waals surface area (Å²) < 4.78 is 1.29. The minimum Gasteiger partial charge on any atom is -0.390 e. The van der Waals surface area contributed by atoms with Gasteiger partial charge in [0.2, 0.25) is 5.91 Å². The minimum absolute atomic E-state index is 0.126.